The lowest BCUT2D eigenvalue weighted by Crippen LogP contribution is -2.17. The van der Waals surface area contributed by atoms with Crippen LogP contribution in [0, 0.1) is 0 Å². The highest BCUT2D eigenvalue weighted by Gasteiger charge is 2.13. The predicted molar refractivity (Wildman–Crippen MR) is 45.8 cm³/mol. The summed E-state index contributed by atoms with van der Waals surface area (Å²) < 4.78 is 0. The number of aryl methyl sites for hydroxylation is 1. The second-order valence-electron chi connectivity index (χ2n) is 2.80. The van der Waals surface area contributed by atoms with Gasteiger partial charge in [0.05, 0.1) is 7.05 Å². The average Bonchev–Trinajstić information content (AvgIpc) is 2.47. The van der Waals surface area contributed by atoms with E-state index in [0.29, 0.717) is 5.92 Å². The summed E-state index contributed by atoms with van der Waals surface area (Å²) in [7, 11) is 3.71. The summed E-state index contributed by atoms with van der Waals surface area (Å²) in [4.78, 5) is 1.49. The van der Waals surface area contributed by atoms with Crippen molar-refractivity contribution in [2.45, 2.75) is 19.3 Å². The molecule has 1 heterocycles. The Morgan fingerprint density at radius 3 is 2.75 bits per heavy atom. The fourth-order valence-corrected chi connectivity index (χ4v) is 1.13. The van der Waals surface area contributed by atoms with Crippen LogP contribution >= 0.6 is 0 Å². The zero-order valence-corrected chi connectivity index (χ0v) is 7.78. The molecule has 0 saturated heterocycles. The zero-order valence-electron chi connectivity index (χ0n) is 7.78. The molecule has 0 aliphatic carbocycles. The van der Waals surface area contributed by atoms with E-state index < -0.39 is 0 Å². The largest absolute Gasteiger partial charge is 0.319 e. The number of rotatable bonds is 4. The molecule has 1 atom stereocenters. The molecule has 5 heteroatoms. The molecular formula is C7H15N5. The fraction of sp³-hybridized carbons (Fsp3) is 0.857. The first-order valence-corrected chi connectivity index (χ1v) is 4.16. The second kappa shape index (κ2) is 4.15. The van der Waals surface area contributed by atoms with Crippen molar-refractivity contribution in [1.29, 1.82) is 0 Å². The lowest BCUT2D eigenvalue weighted by atomic mass is 10.1. The molecule has 0 radical (unpaired) electrons. The number of likely N-dealkylation sites (N-methyl/N-ethyl adjacent to an activating group) is 1. The van der Waals surface area contributed by atoms with Gasteiger partial charge in [0.1, 0.15) is 0 Å². The first-order valence-electron chi connectivity index (χ1n) is 4.16. The molecule has 12 heavy (non-hydrogen) atoms. The number of hydrogen-bond donors (Lipinski definition) is 1. The quantitative estimate of drug-likeness (QED) is 0.685. The average molecular weight is 169 g/mol. The summed E-state index contributed by atoms with van der Waals surface area (Å²) in [5, 5.41) is 15.0. The van der Waals surface area contributed by atoms with E-state index in [1.165, 1.54) is 4.80 Å². The van der Waals surface area contributed by atoms with Crippen LogP contribution in [0.4, 0.5) is 0 Å². The van der Waals surface area contributed by atoms with E-state index in [2.05, 4.69) is 27.7 Å². The van der Waals surface area contributed by atoms with E-state index >= 15 is 0 Å². The highest BCUT2D eigenvalue weighted by Crippen LogP contribution is 2.11. The van der Waals surface area contributed by atoms with Gasteiger partial charge in [0.25, 0.3) is 0 Å². The monoisotopic (exact) mass is 169 g/mol. The summed E-state index contributed by atoms with van der Waals surface area (Å²) >= 11 is 0. The van der Waals surface area contributed by atoms with Gasteiger partial charge < -0.3 is 5.32 Å². The van der Waals surface area contributed by atoms with Gasteiger partial charge in [-0.25, -0.2) is 0 Å². The molecule has 0 aliphatic rings. The van der Waals surface area contributed by atoms with Gasteiger partial charge in [0.15, 0.2) is 5.82 Å². The van der Waals surface area contributed by atoms with E-state index in [1.807, 2.05) is 7.05 Å². The first kappa shape index (κ1) is 9.12. The zero-order chi connectivity index (χ0) is 8.97. The molecule has 1 aromatic rings. The van der Waals surface area contributed by atoms with E-state index in [1.54, 1.807) is 7.05 Å². The number of tetrazole rings is 1. The van der Waals surface area contributed by atoms with Crippen molar-refractivity contribution >= 4 is 0 Å². The van der Waals surface area contributed by atoms with Crippen molar-refractivity contribution in [3.63, 3.8) is 0 Å². The van der Waals surface area contributed by atoms with Crippen molar-refractivity contribution in [2.75, 3.05) is 13.6 Å². The van der Waals surface area contributed by atoms with E-state index in [-0.39, 0.29) is 0 Å². The molecular weight excluding hydrogens is 154 g/mol. The van der Waals surface area contributed by atoms with Crippen LogP contribution in [0.3, 0.4) is 0 Å². The van der Waals surface area contributed by atoms with Crippen molar-refractivity contribution in [3.8, 4) is 0 Å². The molecule has 0 amide bonds. The number of hydrogen-bond acceptors (Lipinski definition) is 4. The van der Waals surface area contributed by atoms with Crippen molar-refractivity contribution in [1.82, 2.24) is 25.5 Å². The van der Waals surface area contributed by atoms with Crippen LogP contribution in [0.25, 0.3) is 0 Å². The number of aromatic nitrogens is 4. The highest BCUT2D eigenvalue weighted by molar-refractivity contribution is 4.91. The summed E-state index contributed by atoms with van der Waals surface area (Å²) in [6.45, 7) is 3.03. The molecule has 0 fully saturated rings. The smallest absolute Gasteiger partial charge is 0.179 e. The topological polar surface area (TPSA) is 55.6 Å². The molecule has 0 spiro atoms. The molecule has 0 saturated carbocycles. The van der Waals surface area contributed by atoms with Crippen molar-refractivity contribution in [3.05, 3.63) is 5.82 Å². The van der Waals surface area contributed by atoms with Crippen LogP contribution in [-0.2, 0) is 7.05 Å². The predicted octanol–water partition coefficient (Wildman–Crippen LogP) is -0.0769. The Balaban J connectivity index is 2.66. The third kappa shape index (κ3) is 2.01. The number of nitrogens with zero attached hydrogens (tertiary/aromatic N) is 4. The van der Waals surface area contributed by atoms with Crippen molar-refractivity contribution < 1.29 is 0 Å². The third-order valence-electron chi connectivity index (χ3n) is 1.83. The van der Waals surface area contributed by atoms with Crippen LogP contribution in [0.15, 0.2) is 0 Å². The van der Waals surface area contributed by atoms with Gasteiger partial charge in [-0.3, -0.25) is 0 Å². The molecule has 0 bridgehead atoms. The van der Waals surface area contributed by atoms with Gasteiger partial charge in [-0.1, -0.05) is 6.92 Å². The normalized spacial score (nSPS) is 13.2. The molecule has 1 rings (SSSR count). The van der Waals surface area contributed by atoms with Crippen molar-refractivity contribution in [2.24, 2.45) is 7.05 Å². The minimum absolute atomic E-state index is 0.378. The Kier molecular flexibility index (Phi) is 3.16. The van der Waals surface area contributed by atoms with Gasteiger partial charge in [-0.15, -0.1) is 10.2 Å². The third-order valence-corrected chi connectivity index (χ3v) is 1.83. The van der Waals surface area contributed by atoms with Gasteiger partial charge in [0.2, 0.25) is 0 Å². The molecule has 0 aromatic carbocycles. The lowest BCUT2D eigenvalue weighted by Gasteiger charge is -2.07. The standard InChI is InChI=1S/C7H15N5/c1-4-6(5-8-2)7-9-11-12(3)10-7/h6,8H,4-5H2,1-3H3. The second-order valence-corrected chi connectivity index (χ2v) is 2.80. The Morgan fingerprint density at radius 2 is 2.33 bits per heavy atom. The highest BCUT2D eigenvalue weighted by atomic mass is 15.6. The van der Waals surface area contributed by atoms with Crippen LogP contribution in [-0.4, -0.2) is 33.8 Å². The van der Waals surface area contributed by atoms with Gasteiger partial charge in [-0.05, 0) is 18.7 Å². The minimum Gasteiger partial charge on any atom is -0.319 e. The maximum Gasteiger partial charge on any atom is 0.179 e. The molecule has 68 valence electrons. The fourth-order valence-electron chi connectivity index (χ4n) is 1.13. The van der Waals surface area contributed by atoms with Gasteiger partial charge in [-0.2, -0.15) is 4.80 Å². The Hall–Kier alpha value is -0.970. The van der Waals surface area contributed by atoms with E-state index in [9.17, 15) is 0 Å². The lowest BCUT2D eigenvalue weighted by molar-refractivity contribution is 0.571. The SMILES string of the molecule is CCC(CNC)c1nnn(C)n1. The Bertz CT molecular complexity index is 231. The van der Waals surface area contributed by atoms with E-state index in [4.69, 9.17) is 0 Å². The summed E-state index contributed by atoms with van der Waals surface area (Å²) in [5.41, 5.74) is 0. The minimum atomic E-state index is 0.378. The van der Waals surface area contributed by atoms with E-state index in [0.717, 1.165) is 18.8 Å². The summed E-state index contributed by atoms with van der Waals surface area (Å²) in [6.07, 6.45) is 1.03. The van der Waals surface area contributed by atoms with Gasteiger partial charge >= 0.3 is 0 Å². The van der Waals surface area contributed by atoms with Crippen LogP contribution in [0.1, 0.15) is 25.1 Å². The molecule has 5 nitrogen and oxygen atoms in total. The van der Waals surface area contributed by atoms with Crippen LogP contribution in [0.2, 0.25) is 0 Å². The first-order chi connectivity index (χ1) is 5.77. The summed E-state index contributed by atoms with van der Waals surface area (Å²) in [6, 6.07) is 0. The molecule has 1 N–H and O–H groups in total. The Morgan fingerprint density at radius 1 is 1.58 bits per heavy atom. The number of nitrogens with one attached hydrogen (secondary N) is 1. The molecule has 1 unspecified atom stereocenters. The van der Waals surface area contributed by atoms with Crippen LogP contribution < -0.4 is 5.32 Å². The summed E-state index contributed by atoms with van der Waals surface area (Å²) in [5.74, 6) is 1.21. The Labute approximate surface area is 72.2 Å². The van der Waals surface area contributed by atoms with Crippen LogP contribution in [0.5, 0.6) is 0 Å². The maximum absolute atomic E-state index is 4.15. The van der Waals surface area contributed by atoms with Gasteiger partial charge in [0, 0.05) is 12.5 Å². The maximum atomic E-state index is 4.15. The molecule has 0 aliphatic heterocycles. The molecule has 1 aromatic heterocycles.